The van der Waals surface area contributed by atoms with E-state index in [4.69, 9.17) is 0 Å². The van der Waals surface area contributed by atoms with Gasteiger partial charge in [-0.15, -0.1) is 0 Å². The lowest BCUT2D eigenvalue weighted by Crippen LogP contribution is -2.07. The zero-order valence-corrected chi connectivity index (χ0v) is 11.2. The largest absolute Gasteiger partial charge is 0.287 e. The fraction of sp³-hybridized carbons (Fsp3) is 0.250. The van der Waals surface area contributed by atoms with E-state index in [0.717, 1.165) is 22.3 Å². The van der Waals surface area contributed by atoms with Crippen LogP contribution >= 0.6 is 0 Å². The molecule has 1 aromatic heterocycles. The van der Waals surface area contributed by atoms with Gasteiger partial charge in [-0.3, -0.25) is 9.78 Å². The highest BCUT2D eigenvalue weighted by Gasteiger charge is 2.13. The molecule has 0 saturated carbocycles. The maximum absolute atomic E-state index is 12.4. The summed E-state index contributed by atoms with van der Waals surface area (Å²) in [5, 5.41) is 0. The Morgan fingerprint density at radius 3 is 2.06 bits per heavy atom. The van der Waals surface area contributed by atoms with E-state index in [1.165, 1.54) is 0 Å². The lowest BCUT2D eigenvalue weighted by atomic mass is 10.00. The molecular weight excluding hydrogens is 222 g/mol. The van der Waals surface area contributed by atoms with Crippen molar-refractivity contribution in [1.82, 2.24) is 4.98 Å². The van der Waals surface area contributed by atoms with E-state index < -0.39 is 0 Å². The number of carbonyl (C=O) groups is 1. The highest BCUT2D eigenvalue weighted by Crippen LogP contribution is 2.15. The molecule has 2 aromatic rings. The Bertz CT molecular complexity index is 594. The summed E-state index contributed by atoms with van der Waals surface area (Å²) in [5.74, 6) is -0.000648. The average Bonchev–Trinajstić information content (AvgIpc) is 2.26. The van der Waals surface area contributed by atoms with Gasteiger partial charge < -0.3 is 0 Å². The Labute approximate surface area is 108 Å². The Kier molecular flexibility index (Phi) is 3.28. The van der Waals surface area contributed by atoms with Crippen molar-refractivity contribution in [2.45, 2.75) is 27.7 Å². The Balaban J connectivity index is 2.47. The first kappa shape index (κ1) is 12.5. The third kappa shape index (κ3) is 2.48. The molecular formula is C16H17NO. The van der Waals surface area contributed by atoms with Gasteiger partial charge in [-0.2, -0.15) is 0 Å². The zero-order chi connectivity index (χ0) is 13.3. The predicted octanol–water partition coefficient (Wildman–Crippen LogP) is 3.55. The quantitative estimate of drug-likeness (QED) is 0.750. The second-order valence-electron chi connectivity index (χ2n) is 4.88. The average molecular weight is 239 g/mol. The summed E-state index contributed by atoms with van der Waals surface area (Å²) < 4.78 is 0. The van der Waals surface area contributed by atoms with Gasteiger partial charge in [-0.05, 0) is 51.0 Å². The summed E-state index contributed by atoms with van der Waals surface area (Å²) in [7, 11) is 0. The minimum absolute atomic E-state index is 0.000648. The number of benzene rings is 1. The Morgan fingerprint density at radius 1 is 0.889 bits per heavy atom. The molecule has 2 heteroatoms. The van der Waals surface area contributed by atoms with Crippen LogP contribution in [0, 0.1) is 27.7 Å². The first-order chi connectivity index (χ1) is 8.47. The second-order valence-corrected chi connectivity index (χ2v) is 4.88. The fourth-order valence-corrected chi connectivity index (χ4v) is 2.20. The molecule has 0 bridgehead atoms. The minimum atomic E-state index is -0.000648. The van der Waals surface area contributed by atoms with Gasteiger partial charge in [0, 0.05) is 11.8 Å². The molecule has 1 aromatic carbocycles. The normalized spacial score (nSPS) is 10.4. The van der Waals surface area contributed by atoms with Crippen LogP contribution in [0.15, 0.2) is 30.5 Å². The standard InChI is InChI=1S/C16H17NO/c1-10-5-11(2)8-14(7-10)16(18)15-13(4)6-12(3)9-17-15/h5-9H,1-4H3. The predicted molar refractivity (Wildman–Crippen MR) is 73.1 cm³/mol. The number of pyridine rings is 1. The van der Waals surface area contributed by atoms with Crippen LogP contribution in [0.5, 0.6) is 0 Å². The molecule has 0 N–H and O–H groups in total. The number of aryl methyl sites for hydroxylation is 4. The molecule has 0 atom stereocenters. The molecule has 2 rings (SSSR count). The van der Waals surface area contributed by atoms with Crippen molar-refractivity contribution in [3.63, 3.8) is 0 Å². The zero-order valence-electron chi connectivity index (χ0n) is 11.2. The van der Waals surface area contributed by atoms with E-state index in [2.05, 4.69) is 11.1 Å². The van der Waals surface area contributed by atoms with Gasteiger partial charge >= 0.3 is 0 Å². The van der Waals surface area contributed by atoms with Crippen molar-refractivity contribution >= 4 is 5.78 Å². The van der Waals surface area contributed by atoms with E-state index in [0.29, 0.717) is 11.3 Å². The molecule has 18 heavy (non-hydrogen) atoms. The molecule has 0 aliphatic rings. The summed E-state index contributed by atoms with van der Waals surface area (Å²) in [6.45, 7) is 7.90. The van der Waals surface area contributed by atoms with Gasteiger partial charge in [0.2, 0.25) is 5.78 Å². The van der Waals surface area contributed by atoms with Crippen molar-refractivity contribution in [1.29, 1.82) is 0 Å². The van der Waals surface area contributed by atoms with E-state index in [-0.39, 0.29) is 5.78 Å². The highest BCUT2D eigenvalue weighted by molar-refractivity contribution is 6.08. The third-order valence-electron chi connectivity index (χ3n) is 2.91. The Morgan fingerprint density at radius 2 is 1.50 bits per heavy atom. The van der Waals surface area contributed by atoms with E-state index in [9.17, 15) is 4.79 Å². The maximum atomic E-state index is 12.4. The van der Waals surface area contributed by atoms with Crippen molar-refractivity contribution in [3.8, 4) is 0 Å². The number of hydrogen-bond acceptors (Lipinski definition) is 2. The van der Waals surface area contributed by atoms with Crippen molar-refractivity contribution in [2.75, 3.05) is 0 Å². The van der Waals surface area contributed by atoms with Gasteiger partial charge in [0.15, 0.2) is 0 Å². The molecule has 92 valence electrons. The molecule has 0 aliphatic carbocycles. The number of hydrogen-bond donors (Lipinski definition) is 0. The summed E-state index contributed by atoms with van der Waals surface area (Å²) in [5.41, 5.74) is 5.47. The minimum Gasteiger partial charge on any atom is -0.287 e. The highest BCUT2D eigenvalue weighted by atomic mass is 16.1. The van der Waals surface area contributed by atoms with E-state index >= 15 is 0 Å². The molecule has 0 amide bonds. The van der Waals surface area contributed by atoms with Gasteiger partial charge in [0.1, 0.15) is 5.69 Å². The molecule has 0 aliphatic heterocycles. The van der Waals surface area contributed by atoms with Crippen molar-refractivity contribution < 1.29 is 4.79 Å². The topological polar surface area (TPSA) is 30.0 Å². The molecule has 0 spiro atoms. The van der Waals surface area contributed by atoms with Crippen LogP contribution in [0.2, 0.25) is 0 Å². The van der Waals surface area contributed by atoms with Crippen molar-refractivity contribution in [2.24, 2.45) is 0 Å². The lowest BCUT2D eigenvalue weighted by molar-refractivity contribution is 0.103. The fourth-order valence-electron chi connectivity index (χ4n) is 2.20. The molecule has 1 heterocycles. The van der Waals surface area contributed by atoms with Crippen molar-refractivity contribution in [3.05, 3.63) is 64.0 Å². The number of carbonyl (C=O) groups excluding carboxylic acids is 1. The summed E-state index contributed by atoms with van der Waals surface area (Å²) in [4.78, 5) is 16.7. The second kappa shape index (κ2) is 4.73. The summed E-state index contributed by atoms with van der Waals surface area (Å²) in [6.07, 6.45) is 1.74. The van der Waals surface area contributed by atoms with Gasteiger partial charge in [0.05, 0.1) is 0 Å². The van der Waals surface area contributed by atoms with E-state index in [1.807, 2.05) is 45.9 Å². The van der Waals surface area contributed by atoms with Gasteiger partial charge in [-0.25, -0.2) is 0 Å². The van der Waals surface area contributed by atoms with Gasteiger partial charge in [0.25, 0.3) is 0 Å². The van der Waals surface area contributed by atoms with Crippen LogP contribution < -0.4 is 0 Å². The number of aromatic nitrogens is 1. The first-order valence-electron chi connectivity index (χ1n) is 6.03. The smallest absolute Gasteiger partial charge is 0.211 e. The van der Waals surface area contributed by atoms with Crippen LogP contribution in [0.25, 0.3) is 0 Å². The van der Waals surface area contributed by atoms with Crippen LogP contribution in [0.4, 0.5) is 0 Å². The molecule has 0 unspecified atom stereocenters. The van der Waals surface area contributed by atoms with Crippen LogP contribution in [0.3, 0.4) is 0 Å². The Hall–Kier alpha value is -1.96. The maximum Gasteiger partial charge on any atom is 0.211 e. The summed E-state index contributed by atoms with van der Waals surface area (Å²) in [6, 6.07) is 7.88. The number of rotatable bonds is 2. The lowest BCUT2D eigenvalue weighted by Gasteiger charge is -2.07. The molecule has 0 radical (unpaired) electrons. The van der Waals surface area contributed by atoms with E-state index in [1.54, 1.807) is 6.20 Å². The van der Waals surface area contributed by atoms with Gasteiger partial charge in [-0.1, -0.05) is 23.3 Å². The molecule has 2 nitrogen and oxygen atoms in total. The number of nitrogens with zero attached hydrogens (tertiary/aromatic N) is 1. The van der Waals surface area contributed by atoms with Crippen LogP contribution in [-0.4, -0.2) is 10.8 Å². The summed E-state index contributed by atoms with van der Waals surface area (Å²) >= 11 is 0. The van der Waals surface area contributed by atoms with Crippen LogP contribution in [0.1, 0.15) is 38.3 Å². The molecule has 0 saturated heterocycles. The monoisotopic (exact) mass is 239 g/mol. The number of ketones is 1. The van der Waals surface area contributed by atoms with Crippen LogP contribution in [-0.2, 0) is 0 Å². The SMILES string of the molecule is Cc1cc(C)cc(C(=O)c2ncc(C)cc2C)c1. The first-order valence-corrected chi connectivity index (χ1v) is 6.03. The third-order valence-corrected chi connectivity index (χ3v) is 2.91. The molecule has 0 fully saturated rings.